The molecule has 0 unspecified atom stereocenters. The molecule has 21 heavy (non-hydrogen) atoms. The molecular weight excluding hydrogens is 293 g/mol. The van der Waals surface area contributed by atoms with E-state index in [2.05, 4.69) is 4.90 Å². The van der Waals surface area contributed by atoms with Crippen LogP contribution in [0.1, 0.15) is 19.3 Å². The van der Waals surface area contributed by atoms with Gasteiger partial charge in [-0.05, 0) is 51.6 Å². The minimum absolute atomic E-state index is 0.147. The van der Waals surface area contributed by atoms with Gasteiger partial charge in [0.25, 0.3) is 0 Å². The zero-order chi connectivity index (χ0) is 15.8. The van der Waals surface area contributed by atoms with Crippen molar-refractivity contribution in [3.8, 4) is 0 Å². The number of hydrogen-bond acceptors (Lipinski definition) is 4. The number of rotatable bonds is 5. The molecule has 0 radical (unpaired) electrons. The first-order chi connectivity index (χ1) is 9.69. The number of benzene rings is 1. The van der Waals surface area contributed by atoms with Gasteiger partial charge in [0.1, 0.15) is 10.7 Å². The van der Waals surface area contributed by atoms with Crippen LogP contribution in [0.3, 0.4) is 0 Å². The summed E-state index contributed by atoms with van der Waals surface area (Å²) in [6.45, 7) is 0.353. The van der Waals surface area contributed by atoms with E-state index in [1.54, 1.807) is 0 Å². The first kappa shape index (κ1) is 16.2. The molecule has 0 atom stereocenters. The first-order valence-electron chi connectivity index (χ1n) is 6.88. The molecule has 1 aliphatic rings. The molecule has 5 nitrogen and oxygen atoms in total. The van der Waals surface area contributed by atoms with E-state index >= 15 is 0 Å². The molecule has 1 saturated carbocycles. The molecule has 1 fully saturated rings. The fourth-order valence-corrected chi connectivity index (χ4v) is 4.02. The van der Waals surface area contributed by atoms with E-state index in [4.69, 9.17) is 5.73 Å². The molecule has 1 aliphatic carbocycles. The average Bonchev–Trinajstić information content (AvgIpc) is 2.32. The summed E-state index contributed by atoms with van der Waals surface area (Å²) in [4.78, 5) is 1.73. The molecule has 0 bridgehead atoms. The molecule has 118 valence electrons. The van der Waals surface area contributed by atoms with E-state index in [9.17, 15) is 12.8 Å². The maximum Gasteiger partial charge on any atom is 0.245 e. The predicted molar refractivity (Wildman–Crippen MR) is 80.9 cm³/mol. The van der Waals surface area contributed by atoms with Crippen LogP contribution >= 0.6 is 0 Å². The van der Waals surface area contributed by atoms with Gasteiger partial charge in [0.05, 0.1) is 0 Å². The second-order valence-electron chi connectivity index (χ2n) is 5.92. The van der Waals surface area contributed by atoms with Gasteiger partial charge in [0.15, 0.2) is 0 Å². The lowest BCUT2D eigenvalue weighted by atomic mass is 9.75. The first-order valence-corrected chi connectivity index (χ1v) is 8.32. The Balaban J connectivity index is 2.27. The lowest BCUT2D eigenvalue weighted by molar-refractivity contribution is 0.0455. The Kier molecular flexibility index (Phi) is 4.28. The summed E-state index contributed by atoms with van der Waals surface area (Å²) in [7, 11) is 1.54. The summed E-state index contributed by atoms with van der Waals surface area (Å²) in [5, 5.41) is 0. The van der Waals surface area contributed by atoms with Gasteiger partial charge in [-0.1, -0.05) is 0 Å². The fraction of sp³-hybridized carbons (Fsp3) is 0.571. The van der Waals surface area contributed by atoms with Crippen molar-refractivity contribution in [3.05, 3.63) is 24.0 Å². The Hall–Kier alpha value is -1.18. The van der Waals surface area contributed by atoms with Crippen molar-refractivity contribution in [1.82, 2.24) is 9.21 Å². The van der Waals surface area contributed by atoms with E-state index in [1.165, 1.54) is 23.5 Å². The third-order valence-corrected chi connectivity index (χ3v) is 6.23. The molecule has 0 spiro atoms. The summed E-state index contributed by atoms with van der Waals surface area (Å²) in [5.74, 6) is -0.811. The van der Waals surface area contributed by atoms with Crippen LogP contribution in [-0.2, 0) is 10.0 Å². The number of likely N-dealkylation sites (N-methyl/N-ethyl adjacent to an activating group) is 2. The molecule has 0 heterocycles. The minimum Gasteiger partial charge on any atom is -0.399 e. The second-order valence-corrected chi connectivity index (χ2v) is 7.94. The number of nitrogen functional groups attached to an aromatic ring is 1. The average molecular weight is 315 g/mol. The number of hydrogen-bond donors (Lipinski definition) is 1. The smallest absolute Gasteiger partial charge is 0.245 e. The molecule has 0 amide bonds. The number of halogens is 1. The summed E-state index contributed by atoms with van der Waals surface area (Å²) >= 11 is 0. The van der Waals surface area contributed by atoms with Crippen molar-refractivity contribution in [3.63, 3.8) is 0 Å². The molecule has 0 aromatic heterocycles. The third-order valence-electron chi connectivity index (χ3n) is 4.39. The predicted octanol–water partition coefficient (Wildman–Crippen LogP) is 1.51. The molecule has 1 aromatic carbocycles. The van der Waals surface area contributed by atoms with E-state index in [-0.39, 0.29) is 16.1 Å². The van der Waals surface area contributed by atoms with E-state index in [1.807, 2.05) is 14.1 Å². The van der Waals surface area contributed by atoms with Gasteiger partial charge < -0.3 is 10.6 Å². The number of nitrogens with two attached hydrogens (primary N) is 1. The van der Waals surface area contributed by atoms with Crippen molar-refractivity contribution in [2.24, 2.45) is 0 Å². The summed E-state index contributed by atoms with van der Waals surface area (Å²) in [6, 6.07) is 3.65. The molecular formula is C14H22FN3O2S. The third kappa shape index (κ3) is 2.90. The van der Waals surface area contributed by atoms with Crippen LogP contribution in [0.25, 0.3) is 0 Å². The Morgan fingerprint density at radius 2 is 1.90 bits per heavy atom. The highest BCUT2D eigenvalue weighted by Crippen LogP contribution is 2.37. The standard InChI is InChI=1S/C14H22FN3O2S/c1-17(2)14(7-4-8-14)10-18(3)21(19,20)13-6-5-11(16)9-12(13)15/h5-6,9H,4,7-8,10,16H2,1-3H3. The van der Waals surface area contributed by atoms with E-state index in [0.29, 0.717) is 6.54 Å². The quantitative estimate of drug-likeness (QED) is 0.837. The van der Waals surface area contributed by atoms with Crippen LogP contribution < -0.4 is 5.73 Å². The van der Waals surface area contributed by atoms with Gasteiger partial charge in [0, 0.05) is 24.8 Å². The molecule has 0 aliphatic heterocycles. The highest BCUT2D eigenvalue weighted by Gasteiger charge is 2.42. The normalized spacial score (nSPS) is 18.0. The summed E-state index contributed by atoms with van der Waals surface area (Å²) in [5.41, 5.74) is 5.52. The van der Waals surface area contributed by atoms with Crippen molar-refractivity contribution < 1.29 is 12.8 Å². The van der Waals surface area contributed by atoms with Crippen LogP contribution in [0.2, 0.25) is 0 Å². The Labute approximate surface area is 125 Å². The maximum absolute atomic E-state index is 13.9. The number of sulfonamides is 1. The van der Waals surface area contributed by atoms with Crippen molar-refractivity contribution in [2.75, 3.05) is 33.4 Å². The Bertz CT molecular complexity index is 627. The fourth-order valence-electron chi connectivity index (χ4n) is 2.73. The summed E-state index contributed by atoms with van der Waals surface area (Å²) < 4.78 is 40.2. The van der Waals surface area contributed by atoms with Gasteiger partial charge in [-0.3, -0.25) is 0 Å². The Morgan fingerprint density at radius 3 is 2.33 bits per heavy atom. The molecule has 0 saturated heterocycles. The van der Waals surface area contributed by atoms with Gasteiger partial charge in [0.2, 0.25) is 10.0 Å². The van der Waals surface area contributed by atoms with Crippen molar-refractivity contribution in [1.29, 1.82) is 0 Å². The van der Waals surface area contributed by atoms with Gasteiger partial charge >= 0.3 is 0 Å². The monoisotopic (exact) mass is 315 g/mol. The van der Waals surface area contributed by atoms with Gasteiger partial charge in [-0.15, -0.1) is 0 Å². The molecule has 1 aromatic rings. The van der Waals surface area contributed by atoms with E-state index < -0.39 is 15.8 Å². The van der Waals surface area contributed by atoms with Crippen LogP contribution in [0, 0.1) is 5.82 Å². The van der Waals surface area contributed by atoms with E-state index in [0.717, 1.165) is 25.3 Å². The van der Waals surface area contributed by atoms with Crippen LogP contribution in [0.5, 0.6) is 0 Å². The van der Waals surface area contributed by atoms with Gasteiger partial charge in [-0.2, -0.15) is 4.31 Å². The lowest BCUT2D eigenvalue weighted by Crippen LogP contribution is -2.57. The number of nitrogens with zero attached hydrogens (tertiary/aromatic N) is 2. The Morgan fingerprint density at radius 1 is 1.29 bits per heavy atom. The summed E-state index contributed by atoms with van der Waals surface area (Å²) in [6.07, 6.45) is 2.98. The second kappa shape index (κ2) is 5.55. The maximum atomic E-state index is 13.9. The van der Waals surface area contributed by atoms with Crippen LogP contribution in [-0.4, -0.2) is 50.8 Å². The molecule has 2 N–H and O–H groups in total. The minimum atomic E-state index is -3.85. The lowest BCUT2D eigenvalue weighted by Gasteiger charge is -2.48. The van der Waals surface area contributed by atoms with Crippen molar-refractivity contribution >= 4 is 15.7 Å². The zero-order valence-electron chi connectivity index (χ0n) is 12.6. The molecule has 7 heteroatoms. The topological polar surface area (TPSA) is 66.6 Å². The van der Waals surface area contributed by atoms with Crippen LogP contribution in [0.4, 0.5) is 10.1 Å². The zero-order valence-corrected chi connectivity index (χ0v) is 13.5. The highest BCUT2D eigenvalue weighted by atomic mass is 32.2. The highest BCUT2D eigenvalue weighted by molar-refractivity contribution is 7.89. The van der Waals surface area contributed by atoms with Crippen molar-refractivity contribution in [2.45, 2.75) is 29.7 Å². The largest absolute Gasteiger partial charge is 0.399 e. The van der Waals surface area contributed by atoms with Gasteiger partial charge in [-0.25, -0.2) is 12.8 Å². The van der Waals surface area contributed by atoms with Crippen LogP contribution in [0.15, 0.2) is 23.1 Å². The molecule has 2 rings (SSSR count). The SMILES string of the molecule is CN(C)C1(CN(C)S(=O)(=O)c2ccc(N)cc2F)CCC1. The number of anilines is 1.